The second-order valence-corrected chi connectivity index (χ2v) is 6.93. The molecule has 3 rings (SSSR count). The predicted molar refractivity (Wildman–Crippen MR) is 103 cm³/mol. The van der Waals surface area contributed by atoms with Crippen LogP contribution in [0.15, 0.2) is 48.5 Å². The van der Waals surface area contributed by atoms with Gasteiger partial charge in [-0.25, -0.2) is 0 Å². The van der Waals surface area contributed by atoms with Crippen molar-refractivity contribution in [3.05, 3.63) is 59.1 Å². The molecule has 0 amide bonds. The van der Waals surface area contributed by atoms with Crippen molar-refractivity contribution in [2.75, 3.05) is 44.2 Å². The van der Waals surface area contributed by atoms with Gasteiger partial charge in [-0.05, 0) is 42.8 Å². The van der Waals surface area contributed by atoms with Gasteiger partial charge in [0.1, 0.15) is 18.5 Å². The summed E-state index contributed by atoms with van der Waals surface area (Å²) in [7, 11) is 0. The van der Waals surface area contributed by atoms with Crippen LogP contribution in [-0.4, -0.2) is 55.4 Å². The summed E-state index contributed by atoms with van der Waals surface area (Å²) in [5.41, 5.74) is 2.29. The lowest BCUT2D eigenvalue weighted by atomic mass is 10.2. The average Bonchev–Trinajstić information content (AvgIpc) is 2.62. The first-order chi connectivity index (χ1) is 12.1. The summed E-state index contributed by atoms with van der Waals surface area (Å²) in [4.78, 5) is 4.64. The number of ether oxygens (including phenoxy) is 1. The number of hydrogen-bond acceptors (Lipinski definition) is 4. The fraction of sp³-hybridized carbons (Fsp3) is 0.400. The van der Waals surface area contributed by atoms with Gasteiger partial charge in [-0.15, -0.1) is 0 Å². The molecular formula is C20H25ClN2O2. The van der Waals surface area contributed by atoms with E-state index in [2.05, 4.69) is 21.9 Å². The molecule has 1 aliphatic heterocycles. The van der Waals surface area contributed by atoms with E-state index in [1.54, 1.807) is 0 Å². The molecule has 1 heterocycles. The number of nitrogens with zero attached hydrogens (tertiary/aromatic N) is 2. The Morgan fingerprint density at radius 2 is 1.72 bits per heavy atom. The quantitative estimate of drug-likeness (QED) is 0.858. The van der Waals surface area contributed by atoms with E-state index in [4.69, 9.17) is 16.3 Å². The zero-order valence-corrected chi connectivity index (χ0v) is 15.3. The molecule has 0 aliphatic carbocycles. The maximum atomic E-state index is 10.3. The lowest BCUT2D eigenvalue weighted by Crippen LogP contribution is -2.49. The molecule has 0 radical (unpaired) electrons. The summed E-state index contributed by atoms with van der Waals surface area (Å²) in [6.45, 7) is 6.74. The van der Waals surface area contributed by atoms with Crippen LogP contribution in [0.25, 0.3) is 0 Å². The third-order valence-corrected chi connectivity index (χ3v) is 4.81. The van der Waals surface area contributed by atoms with Gasteiger partial charge in [0.05, 0.1) is 0 Å². The van der Waals surface area contributed by atoms with Crippen LogP contribution in [0.2, 0.25) is 5.02 Å². The van der Waals surface area contributed by atoms with Crippen LogP contribution in [0.5, 0.6) is 5.75 Å². The number of aliphatic hydroxyl groups excluding tert-OH is 1. The van der Waals surface area contributed by atoms with Gasteiger partial charge >= 0.3 is 0 Å². The monoisotopic (exact) mass is 360 g/mol. The van der Waals surface area contributed by atoms with Crippen LogP contribution in [0.1, 0.15) is 5.56 Å². The van der Waals surface area contributed by atoms with Crippen LogP contribution >= 0.6 is 11.6 Å². The summed E-state index contributed by atoms with van der Waals surface area (Å²) in [5.74, 6) is 0.842. The van der Waals surface area contributed by atoms with Gasteiger partial charge in [0.15, 0.2) is 0 Å². The van der Waals surface area contributed by atoms with E-state index in [0.29, 0.717) is 13.2 Å². The molecule has 1 aliphatic rings. The number of aliphatic hydroxyl groups is 1. The van der Waals surface area contributed by atoms with Crippen molar-refractivity contribution < 1.29 is 9.84 Å². The number of para-hydroxylation sites is 1. The summed E-state index contributed by atoms with van der Waals surface area (Å²) < 4.78 is 5.74. The van der Waals surface area contributed by atoms with E-state index >= 15 is 0 Å². The molecule has 1 unspecified atom stereocenters. The summed E-state index contributed by atoms with van der Waals surface area (Å²) in [5, 5.41) is 11.0. The number of rotatable bonds is 6. The summed E-state index contributed by atoms with van der Waals surface area (Å²) >= 11 is 5.95. The molecular weight excluding hydrogens is 336 g/mol. The largest absolute Gasteiger partial charge is 0.491 e. The fourth-order valence-electron chi connectivity index (χ4n) is 3.10. The van der Waals surface area contributed by atoms with Gasteiger partial charge in [0.2, 0.25) is 0 Å². The number of β-amino-alcohol motifs (C(OH)–C–C–N with tert-alkyl or cyclic N) is 1. The molecule has 0 bridgehead atoms. The van der Waals surface area contributed by atoms with Crippen LogP contribution in [0.3, 0.4) is 0 Å². The van der Waals surface area contributed by atoms with Crippen molar-refractivity contribution in [3.63, 3.8) is 0 Å². The zero-order valence-electron chi connectivity index (χ0n) is 14.6. The normalized spacial score (nSPS) is 16.7. The number of benzene rings is 2. The molecule has 0 spiro atoms. The van der Waals surface area contributed by atoms with Crippen LogP contribution in [0, 0.1) is 6.92 Å². The molecule has 0 saturated carbocycles. The predicted octanol–water partition coefficient (Wildman–Crippen LogP) is 3.21. The molecule has 2 aromatic rings. The SMILES string of the molecule is Cc1ccccc1OCC(O)CN1CCN(c2ccc(Cl)cc2)CC1. The highest BCUT2D eigenvalue weighted by atomic mass is 35.5. The molecule has 1 atom stereocenters. The Morgan fingerprint density at radius 1 is 1.04 bits per heavy atom. The van der Waals surface area contributed by atoms with Crippen molar-refractivity contribution >= 4 is 17.3 Å². The van der Waals surface area contributed by atoms with E-state index in [0.717, 1.165) is 42.5 Å². The third-order valence-electron chi connectivity index (χ3n) is 4.56. The molecule has 1 fully saturated rings. The minimum atomic E-state index is -0.485. The van der Waals surface area contributed by atoms with Gasteiger partial charge in [0, 0.05) is 43.4 Å². The molecule has 5 heteroatoms. The fourth-order valence-corrected chi connectivity index (χ4v) is 3.22. The van der Waals surface area contributed by atoms with E-state index in [9.17, 15) is 5.11 Å². The molecule has 1 saturated heterocycles. The Labute approximate surface area is 154 Å². The van der Waals surface area contributed by atoms with Crippen molar-refractivity contribution in [2.45, 2.75) is 13.0 Å². The molecule has 25 heavy (non-hydrogen) atoms. The molecule has 134 valence electrons. The minimum Gasteiger partial charge on any atom is -0.491 e. The van der Waals surface area contributed by atoms with Crippen LogP contribution < -0.4 is 9.64 Å². The Hall–Kier alpha value is -1.75. The van der Waals surface area contributed by atoms with Gasteiger partial charge in [0.25, 0.3) is 0 Å². The highest BCUT2D eigenvalue weighted by Crippen LogP contribution is 2.20. The highest BCUT2D eigenvalue weighted by molar-refractivity contribution is 6.30. The lowest BCUT2D eigenvalue weighted by molar-refractivity contribution is 0.0661. The molecule has 1 N–H and O–H groups in total. The first kappa shape index (κ1) is 18.1. The van der Waals surface area contributed by atoms with E-state index in [-0.39, 0.29) is 0 Å². The van der Waals surface area contributed by atoms with E-state index < -0.39 is 6.10 Å². The van der Waals surface area contributed by atoms with Crippen molar-refractivity contribution in [3.8, 4) is 5.75 Å². The summed E-state index contributed by atoms with van der Waals surface area (Å²) in [6.07, 6.45) is -0.485. The number of hydrogen-bond donors (Lipinski definition) is 1. The lowest BCUT2D eigenvalue weighted by Gasteiger charge is -2.36. The van der Waals surface area contributed by atoms with Crippen molar-refractivity contribution in [1.82, 2.24) is 4.90 Å². The van der Waals surface area contributed by atoms with Crippen molar-refractivity contribution in [1.29, 1.82) is 0 Å². The average molecular weight is 361 g/mol. The van der Waals surface area contributed by atoms with Gasteiger partial charge in [-0.1, -0.05) is 29.8 Å². The van der Waals surface area contributed by atoms with Gasteiger partial charge in [-0.2, -0.15) is 0 Å². The maximum Gasteiger partial charge on any atom is 0.122 e. The van der Waals surface area contributed by atoms with E-state index in [1.165, 1.54) is 5.69 Å². The van der Waals surface area contributed by atoms with Crippen molar-refractivity contribution in [2.24, 2.45) is 0 Å². The molecule has 4 nitrogen and oxygen atoms in total. The maximum absolute atomic E-state index is 10.3. The van der Waals surface area contributed by atoms with Gasteiger partial charge in [-0.3, -0.25) is 4.90 Å². The van der Waals surface area contributed by atoms with E-state index in [1.807, 2.05) is 43.3 Å². The van der Waals surface area contributed by atoms with Gasteiger partial charge < -0.3 is 14.7 Å². The summed E-state index contributed by atoms with van der Waals surface area (Å²) in [6, 6.07) is 15.9. The van der Waals surface area contributed by atoms with Crippen LogP contribution in [0.4, 0.5) is 5.69 Å². The molecule has 2 aromatic carbocycles. The zero-order chi connectivity index (χ0) is 17.6. The first-order valence-electron chi connectivity index (χ1n) is 8.71. The minimum absolute atomic E-state index is 0.322. The second kappa shape index (κ2) is 8.56. The Morgan fingerprint density at radius 3 is 2.40 bits per heavy atom. The van der Waals surface area contributed by atoms with Crippen LogP contribution in [-0.2, 0) is 0 Å². The number of halogens is 1. The smallest absolute Gasteiger partial charge is 0.122 e. The number of aryl methyl sites for hydroxylation is 1. The first-order valence-corrected chi connectivity index (χ1v) is 9.09. The Kier molecular flexibility index (Phi) is 6.19. The second-order valence-electron chi connectivity index (χ2n) is 6.49. The topological polar surface area (TPSA) is 35.9 Å². The standard InChI is InChI=1S/C20H25ClN2O2/c1-16-4-2-3-5-20(16)25-15-19(24)14-22-10-12-23(13-11-22)18-8-6-17(21)7-9-18/h2-9,19,24H,10-15H2,1H3. The number of piperazine rings is 1. The Balaban J connectivity index is 1.42. The molecule has 0 aromatic heterocycles. The Bertz CT molecular complexity index is 670. The highest BCUT2D eigenvalue weighted by Gasteiger charge is 2.19. The third kappa shape index (κ3) is 5.11. The number of anilines is 1.